The highest BCUT2D eigenvalue weighted by Gasteiger charge is 2.18. The summed E-state index contributed by atoms with van der Waals surface area (Å²) in [6, 6.07) is -1.40. The van der Waals surface area contributed by atoms with Crippen molar-refractivity contribution in [3.63, 3.8) is 0 Å². The van der Waals surface area contributed by atoms with E-state index in [4.69, 9.17) is 9.84 Å². The van der Waals surface area contributed by atoms with Gasteiger partial charge in [0.1, 0.15) is 6.04 Å². The molecule has 0 aromatic rings. The quantitative estimate of drug-likeness (QED) is 0.415. The van der Waals surface area contributed by atoms with Crippen LogP contribution in [-0.2, 0) is 9.53 Å². The van der Waals surface area contributed by atoms with Gasteiger partial charge in [-0.05, 0) is 12.8 Å². The van der Waals surface area contributed by atoms with E-state index in [2.05, 4.69) is 17.2 Å². The van der Waals surface area contributed by atoms with Crippen molar-refractivity contribution in [2.45, 2.75) is 18.9 Å². The maximum Gasteiger partial charge on any atom is 0.326 e. The summed E-state index contributed by atoms with van der Waals surface area (Å²) in [5.74, 6) is -1.05. The van der Waals surface area contributed by atoms with Gasteiger partial charge in [0.2, 0.25) is 0 Å². The number of aliphatic carboxylic acids is 1. The highest BCUT2D eigenvalue weighted by molar-refractivity contribution is 5.82. The first-order valence-electron chi connectivity index (χ1n) is 4.98. The number of hydrogen-bond donors (Lipinski definition) is 3. The molecule has 0 aliphatic carbocycles. The minimum Gasteiger partial charge on any atom is -0.480 e. The van der Waals surface area contributed by atoms with E-state index >= 15 is 0 Å². The molecule has 0 aliphatic rings. The molecule has 0 aliphatic heterocycles. The minimum absolute atomic E-state index is 0.302. The van der Waals surface area contributed by atoms with Gasteiger partial charge >= 0.3 is 12.0 Å². The van der Waals surface area contributed by atoms with Crippen LogP contribution < -0.4 is 10.6 Å². The molecule has 0 heterocycles. The van der Waals surface area contributed by atoms with Gasteiger partial charge in [-0.2, -0.15) is 0 Å². The third kappa shape index (κ3) is 6.83. The van der Waals surface area contributed by atoms with Gasteiger partial charge in [-0.25, -0.2) is 9.59 Å². The van der Waals surface area contributed by atoms with Crippen molar-refractivity contribution >= 4 is 12.0 Å². The van der Waals surface area contributed by atoms with Crippen molar-refractivity contribution in [3.8, 4) is 0 Å². The van der Waals surface area contributed by atoms with Gasteiger partial charge in [0, 0.05) is 20.3 Å². The Bertz CT molecular complexity index is 243. The summed E-state index contributed by atoms with van der Waals surface area (Å²) >= 11 is 0. The van der Waals surface area contributed by atoms with E-state index in [1.54, 1.807) is 7.11 Å². The fourth-order valence-corrected chi connectivity index (χ4v) is 1.06. The van der Waals surface area contributed by atoms with E-state index in [1.807, 2.05) is 0 Å². The topological polar surface area (TPSA) is 87.7 Å². The second-order valence-electron chi connectivity index (χ2n) is 3.17. The van der Waals surface area contributed by atoms with Gasteiger partial charge in [0.15, 0.2) is 0 Å². The van der Waals surface area contributed by atoms with E-state index < -0.39 is 18.0 Å². The second kappa shape index (κ2) is 8.72. The van der Waals surface area contributed by atoms with Crippen molar-refractivity contribution < 1.29 is 19.4 Å². The lowest BCUT2D eigenvalue weighted by Gasteiger charge is -2.14. The maximum absolute atomic E-state index is 11.2. The van der Waals surface area contributed by atoms with E-state index in [0.29, 0.717) is 26.0 Å². The molecule has 0 aromatic heterocycles. The molecular formula is C10H18N2O4. The highest BCUT2D eigenvalue weighted by atomic mass is 16.5. The molecule has 0 rings (SSSR count). The van der Waals surface area contributed by atoms with Gasteiger partial charge in [0.25, 0.3) is 0 Å². The summed E-state index contributed by atoms with van der Waals surface area (Å²) in [5, 5.41) is 13.6. The molecule has 0 bridgehead atoms. The molecule has 1 unspecified atom stereocenters. The molecule has 0 aromatic carbocycles. The SMILES string of the molecule is C=CCNC(=O)NC(CCCOC)C(=O)O. The zero-order valence-corrected chi connectivity index (χ0v) is 9.36. The summed E-state index contributed by atoms with van der Waals surface area (Å²) in [6.07, 6.45) is 2.43. The molecule has 0 spiro atoms. The number of ether oxygens (including phenoxy) is 1. The molecule has 6 heteroatoms. The summed E-state index contributed by atoms with van der Waals surface area (Å²) < 4.78 is 4.81. The summed E-state index contributed by atoms with van der Waals surface area (Å²) in [4.78, 5) is 22.0. The van der Waals surface area contributed by atoms with Crippen molar-refractivity contribution in [3.05, 3.63) is 12.7 Å². The Hall–Kier alpha value is -1.56. The lowest BCUT2D eigenvalue weighted by molar-refractivity contribution is -0.139. The number of rotatable bonds is 8. The number of amides is 2. The first kappa shape index (κ1) is 14.4. The van der Waals surface area contributed by atoms with Crippen LogP contribution in [0.4, 0.5) is 4.79 Å². The van der Waals surface area contributed by atoms with Crippen molar-refractivity contribution in [1.82, 2.24) is 10.6 Å². The average molecular weight is 230 g/mol. The van der Waals surface area contributed by atoms with Crippen LogP contribution in [0.2, 0.25) is 0 Å². The average Bonchev–Trinajstić information content (AvgIpc) is 2.25. The van der Waals surface area contributed by atoms with E-state index in [0.717, 1.165) is 0 Å². The molecule has 0 saturated carbocycles. The number of carboxylic acids is 1. The third-order valence-electron chi connectivity index (χ3n) is 1.85. The Morgan fingerprint density at radius 3 is 2.75 bits per heavy atom. The first-order chi connectivity index (χ1) is 7.61. The molecule has 6 nitrogen and oxygen atoms in total. The van der Waals surface area contributed by atoms with Crippen molar-refractivity contribution in [2.24, 2.45) is 0 Å². The normalized spacial score (nSPS) is 11.6. The van der Waals surface area contributed by atoms with Crippen LogP contribution in [0, 0.1) is 0 Å². The number of carboxylic acid groups (broad SMARTS) is 1. The van der Waals surface area contributed by atoms with Crippen LogP contribution in [0.3, 0.4) is 0 Å². The lowest BCUT2D eigenvalue weighted by atomic mass is 10.1. The standard InChI is InChI=1S/C10H18N2O4/c1-3-6-11-10(15)12-8(9(13)14)5-4-7-16-2/h3,8H,1,4-7H2,2H3,(H,13,14)(H2,11,12,15). The van der Waals surface area contributed by atoms with Gasteiger partial charge < -0.3 is 20.5 Å². The number of carbonyl (C=O) groups is 2. The zero-order valence-electron chi connectivity index (χ0n) is 9.36. The second-order valence-corrected chi connectivity index (χ2v) is 3.17. The number of urea groups is 1. The van der Waals surface area contributed by atoms with Crippen molar-refractivity contribution in [2.75, 3.05) is 20.3 Å². The Kier molecular flexibility index (Phi) is 7.87. The number of hydrogen-bond acceptors (Lipinski definition) is 3. The third-order valence-corrected chi connectivity index (χ3v) is 1.85. The van der Waals surface area contributed by atoms with Gasteiger partial charge in [0.05, 0.1) is 0 Å². The van der Waals surface area contributed by atoms with Crippen LogP contribution in [0.15, 0.2) is 12.7 Å². The molecular weight excluding hydrogens is 212 g/mol. The maximum atomic E-state index is 11.2. The largest absolute Gasteiger partial charge is 0.480 e. The monoisotopic (exact) mass is 230 g/mol. The lowest BCUT2D eigenvalue weighted by Crippen LogP contribution is -2.46. The number of carbonyl (C=O) groups excluding carboxylic acids is 1. The summed E-state index contributed by atoms with van der Waals surface area (Å²) in [7, 11) is 1.54. The number of nitrogens with one attached hydrogen (secondary N) is 2. The molecule has 3 N–H and O–H groups in total. The van der Waals surface area contributed by atoms with E-state index in [1.165, 1.54) is 6.08 Å². The van der Waals surface area contributed by atoms with Crippen LogP contribution >= 0.6 is 0 Å². The predicted octanol–water partition coefficient (Wildman–Crippen LogP) is 0.351. The molecule has 2 amide bonds. The van der Waals surface area contributed by atoms with Gasteiger partial charge in [-0.15, -0.1) is 6.58 Å². The Morgan fingerprint density at radius 1 is 1.56 bits per heavy atom. The molecule has 16 heavy (non-hydrogen) atoms. The predicted molar refractivity (Wildman–Crippen MR) is 59.3 cm³/mol. The van der Waals surface area contributed by atoms with Crippen LogP contribution in [0.1, 0.15) is 12.8 Å². The van der Waals surface area contributed by atoms with E-state index in [9.17, 15) is 9.59 Å². The Balaban J connectivity index is 3.96. The first-order valence-corrected chi connectivity index (χ1v) is 4.98. The fourth-order valence-electron chi connectivity index (χ4n) is 1.06. The Morgan fingerprint density at radius 2 is 2.25 bits per heavy atom. The molecule has 0 radical (unpaired) electrons. The zero-order chi connectivity index (χ0) is 12.4. The Labute approximate surface area is 94.7 Å². The van der Waals surface area contributed by atoms with Crippen LogP contribution in [-0.4, -0.2) is 43.4 Å². The smallest absolute Gasteiger partial charge is 0.326 e. The molecule has 0 saturated heterocycles. The molecule has 1 atom stereocenters. The van der Waals surface area contributed by atoms with Gasteiger partial charge in [-0.1, -0.05) is 6.08 Å². The molecule has 0 fully saturated rings. The van der Waals surface area contributed by atoms with Gasteiger partial charge in [-0.3, -0.25) is 0 Å². The van der Waals surface area contributed by atoms with Crippen molar-refractivity contribution in [1.29, 1.82) is 0 Å². The minimum atomic E-state index is -1.05. The summed E-state index contributed by atoms with van der Waals surface area (Å²) in [5.41, 5.74) is 0. The van der Waals surface area contributed by atoms with Crippen LogP contribution in [0.5, 0.6) is 0 Å². The number of methoxy groups -OCH3 is 1. The molecule has 92 valence electrons. The summed E-state index contributed by atoms with van der Waals surface area (Å²) in [6.45, 7) is 4.21. The fraction of sp³-hybridized carbons (Fsp3) is 0.600. The van der Waals surface area contributed by atoms with E-state index in [-0.39, 0.29) is 0 Å². The highest BCUT2D eigenvalue weighted by Crippen LogP contribution is 1.98. The van der Waals surface area contributed by atoms with Crippen LogP contribution in [0.25, 0.3) is 0 Å².